The molecule has 6 rings (SSSR count). The largest absolute Gasteiger partial charge is 0.352 e. The molecule has 0 saturated carbocycles. The molecule has 4 heterocycles. The van der Waals surface area contributed by atoms with Crippen molar-refractivity contribution in [3.63, 3.8) is 0 Å². The van der Waals surface area contributed by atoms with Crippen molar-refractivity contribution in [2.45, 2.75) is 32.2 Å². The van der Waals surface area contributed by atoms with Gasteiger partial charge in [0.2, 0.25) is 0 Å². The molecule has 0 spiro atoms. The number of anilines is 1. The first-order valence-electron chi connectivity index (χ1n) is 13.2. The highest BCUT2D eigenvalue weighted by Crippen LogP contribution is 2.36. The molecule has 1 fully saturated rings. The van der Waals surface area contributed by atoms with Crippen LogP contribution in [-0.2, 0) is 19.4 Å². The summed E-state index contributed by atoms with van der Waals surface area (Å²) < 4.78 is 2.26. The predicted molar refractivity (Wildman–Crippen MR) is 146 cm³/mol. The first kappa shape index (κ1) is 24.1. The molecule has 9 nitrogen and oxygen atoms in total. The van der Waals surface area contributed by atoms with Gasteiger partial charge in [0.05, 0.1) is 10.5 Å². The van der Waals surface area contributed by atoms with E-state index in [2.05, 4.69) is 44.7 Å². The number of benzene rings is 2. The molecule has 0 amide bonds. The summed E-state index contributed by atoms with van der Waals surface area (Å²) in [5.41, 5.74) is 5.39. The highest BCUT2D eigenvalue weighted by molar-refractivity contribution is 5.94. The van der Waals surface area contributed by atoms with Gasteiger partial charge in [-0.15, -0.1) is 0 Å². The van der Waals surface area contributed by atoms with Crippen LogP contribution in [0.2, 0.25) is 0 Å². The number of fused-ring (bicyclic) bond motifs is 3. The van der Waals surface area contributed by atoms with E-state index < -0.39 is 4.92 Å². The quantitative estimate of drug-likeness (QED) is 0.278. The van der Waals surface area contributed by atoms with Gasteiger partial charge in [0, 0.05) is 62.7 Å². The number of hydrogen-bond donors (Lipinski definition) is 0. The molecule has 4 aromatic rings. The van der Waals surface area contributed by atoms with Crippen molar-refractivity contribution in [2.75, 3.05) is 37.6 Å². The van der Waals surface area contributed by atoms with Crippen LogP contribution in [0.25, 0.3) is 22.4 Å². The minimum absolute atomic E-state index is 0.0266. The molecule has 0 atom stereocenters. The second kappa shape index (κ2) is 10.2. The van der Waals surface area contributed by atoms with Crippen LogP contribution in [0.4, 0.5) is 11.5 Å². The highest BCUT2D eigenvalue weighted by atomic mass is 16.6. The van der Waals surface area contributed by atoms with Gasteiger partial charge in [0.15, 0.2) is 11.6 Å². The zero-order valence-electron chi connectivity index (χ0n) is 21.2. The number of rotatable bonds is 6. The molecule has 2 aromatic carbocycles. The van der Waals surface area contributed by atoms with Gasteiger partial charge in [-0.05, 0) is 43.4 Å². The topological polar surface area (TPSA) is 104 Å². The average molecular weight is 508 g/mol. The Labute approximate surface area is 221 Å². The smallest absolute Gasteiger partial charge is 0.269 e. The molecule has 2 aliphatic rings. The third-order valence-corrected chi connectivity index (χ3v) is 7.71. The molecule has 0 N–H and O–H groups in total. The van der Waals surface area contributed by atoms with Crippen LogP contribution in [0.5, 0.6) is 0 Å². The van der Waals surface area contributed by atoms with Crippen LogP contribution < -0.4 is 4.90 Å². The molecule has 38 heavy (non-hydrogen) atoms. The van der Waals surface area contributed by atoms with Crippen LogP contribution in [0.1, 0.15) is 29.7 Å². The van der Waals surface area contributed by atoms with Crippen molar-refractivity contribution in [2.24, 2.45) is 0 Å². The number of nitrogens with zero attached hydrogens (tertiary/aromatic N) is 7. The first-order chi connectivity index (χ1) is 18.6. The Morgan fingerprint density at radius 1 is 0.947 bits per heavy atom. The normalized spacial score (nSPS) is 15.8. The number of piperazine rings is 1. The number of aryl methyl sites for hydroxylation is 1. The Morgan fingerprint density at radius 2 is 1.71 bits per heavy atom. The lowest BCUT2D eigenvalue weighted by atomic mass is 10.1. The van der Waals surface area contributed by atoms with E-state index in [9.17, 15) is 15.4 Å². The summed E-state index contributed by atoms with van der Waals surface area (Å²) in [7, 11) is 0. The number of nitro benzene ring substituents is 1. The maximum absolute atomic E-state index is 11.2. The number of non-ortho nitro benzene ring substituents is 1. The molecule has 0 radical (unpaired) electrons. The molecule has 1 saturated heterocycles. The minimum atomic E-state index is -0.411. The van der Waals surface area contributed by atoms with E-state index >= 15 is 0 Å². The van der Waals surface area contributed by atoms with Gasteiger partial charge in [-0.1, -0.05) is 30.3 Å². The zero-order chi connectivity index (χ0) is 26.1. The fourth-order valence-corrected chi connectivity index (χ4v) is 5.66. The first-order valence-corrected chi connectivity index (χ1v) is 13.2. The summed E-state index contributed by atoms with van der Waals surface area (Å²) in [6.45, 7) is 5.42. The standard InChI is InChI=1S/C29H29N7O2/c30-20-24-25-8-4-5-14-35(25)27-26(24)31-28(22-9-11-23(12-10-22)36(37)38)32-29(27)34-18-16-33(17-19-34)15-13-21-6-2-1-3-7-21/h1-3,6-7,9-12H,4-5,8,13-19H2. The summed E-state index contributed by atoms with van der Waals surface area (Å²) in [6.07, 6.45) is 4.01. The number of nitriles is 1. The summed E-state index contributed by atoms with van der Waals surface area (Å²) in [4.78, 5) is 25.5. The molecule has 192 valence electrons. The zero-order valence-corrected chi connectivity index (χ0v) is 21.2. The van der Waals surface area contributed by atoms with Gasteiger partial charge in [-0.2, -0.15) is 5.26 Å². The number of nitro groups is 1. The molecule has 9 heteroatoms. The van der Waals surface area contributed by atoms with E-state index in [4.69, 9.17) is 9.97 Å². The molecule has 2 aromatic heterocycles. The molecular formula is C29H29N7O2. The van der Waals surface area contributed by atoms with E-state index in [1.807, 2.05) is 6.07 Å². The summed E-state index contributed by atoms with van der Waals surface area (Å²) in [6, 6.07) is 19.3. The maximum atomic E-state index is 11.2. The molecule has 2 aliphatic heterocycles. The average Bonchev–Trinajstić information content (AvgIpc) is 3.30. The summed E-state index contributed by atoms with van der Waals surface area (Å²) in [5.74, 6) is 1.35. The number of hydrogen-bond acceptors (Lipinski definition) is 7. The van der Waals surface area contributed by atoms with Gasteiger partial charge in [0.25, 0.3) is 5.69 Å². The van der Waals surface area contributed by atoms with Crippen LogP contribution in [0.3, 0.4) is 0 Å². The second-order valence-electron chi connectivity index (χ2n) is 9.98. The summed E-state index contributed by atoms with van der Waals surface area (Å²) >= 11 is 0. The molecule has 0 aliphatic carbocycles. The molecule has 0 unspecified atom stereocenters. The Kier molecular flexibility index (Phi) is 6.48. The lowest BCUT2D eigenvalue weighted by molar-refractivity contribution is -0.384. The van der Waals surface area contributed by atoms with Crippen molar-refractivity contribution in [3.05, 3.63) is 81.5 Å². The van der Waals surface area contributed by atoms with Gasteiger partial charge < -0.3 is 9.47 Å². The maximum Gasteiger partial charge on any atom is 0.269 e. The molecular weight excluding hydrogens is 478 g/mol. The van der Waals surface area contributed by atoms with Crippen molar-refractivity contribution in [1.82, 2.24) is 19.4 Å². The number of aromatic nitrogens is 3. The predicted octanol–water partition coefficient (Wildman–Crippen LogP) is 4.58. The molecule has 0 bridgehead atoms. The lowest BCUT2D eigenvalue weighted by Crippen LogP contribution is -2.47. The van der Waals surface area contributed by atoms with E-state index in [1.54, 1.807) is 12.1 Å². The van der Waals surface area contributed by atoms with Gasteiger partial charge in [-0.25, -0.2) is 9.97 Å². The van der Waals surface area contributed by atoms with E-state index in [1.165, 1.54) is 17.7 Å². The van der Waals surface area contributed by atoms with Crippen LogP contribution in [0, 0.1) is 21.4 Å². The van der Waals surface area contributed by atoms with Crippen LogP contribution in [0.15, 0.2) is 54.6 Å². The second-order valence-corrected chi connectivity index (χ2v) is 9.98. The monoisotopic (exact) mass is 507 g/mol. The Morgan fingerprint density at radius 3 is 2.42 bits per heavy atom. The van der Waals surface area contributed by atoms with Gasteiger partial charge in [0.1, 0.15) is 17.1 Å². The van der Waals surface area contributed by atoms with Gasteiger partial charge >= 0.3 is 0 Å². The van der Waals surface area contributed by atoms with E-state index in [0.29, 0.717) is 22.5 Å². The Hall–Kier alpha value is -4.29. The minimum Gasteiger partial charge on any atom is -0.352 e. The third kappa shape index (κ3) is 4.48. The fourth-order valence-electron chi connectivity index (χ4n) is 5.66. The summed E-state index contributed by atoms with van der Waals surface area (Å²) in [5, 5.41) is 21.3. The van der Waals surface area contributed by atoms with E-state index in [-0.39, 0.29) is 5.69 Å². The lowest BCUT2D eigenvalue weighted by Gasteiger charge is -2.36. The van der Waals surface area contributed by atoms with Crippen molar-refractivity contribution >= 4 is 22.5 Å². The van der Waals surface area contributed by atoms with Crippen LogP contribution in [-0.4, -0.2) is 57.1 Å². The SMILES string of the molecule is N#Cc1c2n(c3c(N4CCN(CCc5ccccc5)CC4)nc(-c4ccc([N+](=O)[O-])cc4)nc13)CCCC2. The van der Waals surface area contributed by atoms with E-state index in [0.717, 1.165) is 82.0 Å². The van der Waals surface area contributed by atoms with Crippen LogP contribution >= 0.6 is 0 Å². The third-order valence-electron chi connectivity index (χ3n) is 7.71. The Bertz CT molecular complexity index is 1520. The van der Waals surface area contributed by atoms with Crippen molar-refractivity contribution < 1.29 is 4.92 Å². The van der Waals surface area contributed by atoms with Crippen molar-refractivity contribution in [3.8, 4) is 17.5 Å². The van der Waals surface area contributed by atoms with Gasteiger partial charge in [-0.3, -0.25) is 15.0 Å². The Balaban J connectivity index is 1.35. The fraction of sp³-hybridized carbons (Fsp3) is 0.345. The highest BCUT2D eigenvalue weighted by Gasteiger charge is 2.28. The van der Waals surface area contributed by atoms with Crippen molar-refractivity contribution in [1.29, 1.82) is 5.26 Å².